The summed E-state index contributed by atoms with van der Waals surface area (Å²) in [5.41, 5.74) is -2.02. The molecule has 2 atom stereocenters. The van der Waals surface area contributed by atoms with Crippen molar-refractivity contribution in [1.82, 2.24) is 9.62 Å². The Hall–Kier alpha value is -1.36. The topological polar surface area (TPSA) is 86.7 Å². The van der Waals surface area contributed by atoms with Crippen molar-refractivity contribution in [2.75, 3.05) is 12.3 Å². The van der Waals surface area contributed by atoms with Crippen LogP contribution in [0.5, 0.6) is 0 Å². The van der Waals surface area contributed by atoms with E-state index in [-0.39, 0.29) is 10.6 Å². The van der Waals surface area contributed by atoms with Crippen LogP contribution in [0, 0.1) is 5.82 Å². The minimum absolute atomic E-state index is 0.0514. The van der Waals surface area contributed by atoms with E-state index in [2.05, 4.69) is 0 Å². The summed E-state index contributed by atoms with van der Waals surface area (Å²) in [4.78, 5) is 13.2. The van der Waals surface area contributed by atoms with E-state index in [1.807, 2.05) is 4.72 Å². The Kier molecular flexibility index (Phi) is 6.40. The van der Waals surface area contributed by atoms with E-state index in [1.54, 1.807) is 0 Å². The van der Waals surface area contributed by atoms with Gasteiger partial charge >= 0.3 is 0 Å². The molecule has 11 heteroatoms. The van der Waals surface area contributed by atoms with Crippen LogP contribution in [0.4, 0.5) is 13.2 Å². The minimum Gasteiger partial charge on any atom is -0.381 e. The zero-order valence-electron chi connectivity index (χ0n) is 15.5. The number of nitrogens with one attached hydrogen (secondary N) is 1. The van der Waals surface area contributed by atoms with Gasteiger partial charge in [-0.2, -0.15) is 0 Å². The number of likely N-dealkylation sites (tertiary alicyclic amines) is 1. The van der Waals surface area contributed by atoms with Crippen LogP contribution in [-0.4, -0.2) is 60.2 Å². The van der Waals surface area contributed by atoms with E-state index >= 15 is 0 Å². The van der Waals surface area contributed by atoms with Gasteiger partial charge in [0.05, 0.1) is 23.4 Å². The molecule has 1 aromatic rings. The zero-order valence-corrected chi connectivity index (χ0v) is 17.1. The SMILES string of the molecule is CCS(=O)(=O)N[C@@H]1[C@H](Cc2cccc(Cl)c2F)N(C(=O)C(C)(C)O)CC1(F)F. The molecule has 0 spiro atoms. The van der Waals surface area contributed by atoms with Crippen molar-refractivity contribution in [3.05, 3.63) is 34.6 Å². The predicted molar refractivity (Wildman–Crippen MR) is 98.2 cm³/mol. The summed E-state index contributed by atoms with van der Waals surface area (Å²) in [5.74, 6) is -5.93. The number of hydrogen-bond donors (Lipinski definition) is 2. The van der Waals surface area contributed by atoms with E-state index in [4.69, 9.17) is 11.6 Å². The van der Waals surface area contributed by atoms with Gasteiger partial charge in [-0.25, -0.2) is 26.3 Å². The number of alkyl halides is 2. The van der Waals surface area contributed by atoms with Crippen LogP contribution in [0.1, 0.15) is 26.3 Å². The smallest absolute Gasteiger partial charge is 0.283 e. The average Bonchev–Trinajstić information content (AvgIpc) is 2.81. The van der Waals surface area contributed by atoms with Crippen LogP contribution in [0.15, 0.2) is 18.2 Å². The fourth-order valence-electron chi connectivity index (χ4n) is 3.08. The molecule has 0 radical (unpaired) electrons. The van der Waals surface area contributed by atoms with Gasteiger partial charge in [0.15, 0.2) is 0 Å². The van der Waals surface area contributed by atoms with Gasteiger partial charge in [-0.05, 0) is 38.8 Å². The van der Waals surface area contributed by atoms with Crippen molar-refractivity contribution in [3.8, 4) is 0 Å². The van der Waals surface area contributed by atoms with Crippen molar-refractivity contribution in [1.29, 1.82) is 0 Å². The first-order valence-corrected chi connectivity index (χ1v) is 10.6. The third kappa shape index (κ3) is 4.79. The summed E-state index contributed by atoms with van der Waals surface area (Å²) in [6.07, 6.45) is -0.416. The Balaban J connectivity index is 2.51. The molecule has 0 bridgehead atoms. The summed E-state index contributed by atoms with van der Waals surface area (Å²) in [6.45, 7) is 2.43. The largest absolute Gasteiger partial charge is 0.381 e. The Morgan fingerprint density at radius 1 is 1.43 bits per heavy atom. The molecule has 0 unspecified atom stereocenters. The summed E-state index contributed by atoms with van der Waals surface area (Å²) in [5, 5.41) is 9.77. The highest BCUT2D eigenvalue weighted by Gasteiger charge is 2.58. The van der Waals surface area contributed by atoms with Crippen molar-refractivity contribution in [2.45, 2.75) is 50.8 Å². The van der Waals surface area contributed by atoms with Crippen molar-refractivity contribution in [2.24, 2.45) is 0 Å². The van der Waals surface area contributed by atoms with Crippen molar-refractivity contribution >= 4 is 27.5 Å². The number of rotatable bonds is 6. The van der Waals surface area contributed by atoms with Crippen LogP contribution in [0.2, 0.25) is 5.02 Å². The fourth-order valence-corrected chi connectivity index (χ4v) is 4.16. The quantitative estimate of drug-likeness (QED) is 0.705. The molecule has 0 aliphatic carbocycles. The molecular formula is C17H22ClF3N2O4S. The number of halogens is 4. The van der Waals surface area contributed by atoms with E-state index in [0.29, 0.717) is 4.90 Å². The standard InChI is InChI=1S/C17H22ClF3N2O4S/c1-4-28(26,27)22-14-12(8-10-6-5-7-11(18)13(10)19)23(9-17(14,20)21)15(24)16(2,3)25/h5-7,12,14,22,25H,4,8-9H2,1-3H3/t12-,14+/m0/s1. The third-order valence-electron chi connectivity index (χ3n) is 4.55. The Morgan fingerprint density at radius 3 is 2.57 bits per heavy atom. The Labute approximate surface area is 166 Å². The number of hydrogen-bond acceptors (Lipinski definition) is 4. The summed E-state index contributed by atoms with van der Waals surface area (Å²) in [7, 11) is -4.05. The van der Waals surface area contributed by atoms with Gasteiger partial charge in [-0.15, -0.1) is 0 Å². The van der Waals surface area contributed by atoms with Gasteiger partial charge in [-0.1, -0.05) is 23.7 Å². The average molecular weight is 443 g/mol. The first-order valence-electron chi connectivity index (χ1n) is 8.53. The first kappa shape index (κ1) is 22.9. The Morgan fingerprint density at radius 2 is 2.04 bits per heavy atom. The van der Waals surface area contributed by atoms with Crippen LogP contribution >= 0.6 is 11.6 Å². The van der Waals surface area contributed by atoms with Gasteiger partial charge in [0.25, 0.3) is 11.8 Å². The van der Waals surface area contributed by atoms with E-state index < -0.39 is 64.1 Å². The number of sulfonamides is 1. The lowest BCUT2D eigenvalue weighted by atomic mass is 9.98. The lowest BCUT2D eigenvalue weighted by molar-refractivity contribution is -0.149. The molecule has 0 aromatic heterocycles. The molecule has 1 fully saturated rings. The summed E-state index contributed by atoms with van der Waals surface area (Å²) >= 11 is 5.74. The van der Waals surface area contributed by atoms with Gasteiger partial charge < -0.3 is 10.0 Å². The monoisotopic (exact) mass is 442 g/mol. The molecule has 28 heavy (non-hydrogen) atoms. The first-order chi connectivity index (χ1) is 12.7. The number of carbonyl (C=O) groups excluding carboxylic acids is 1. The van der Waals surface area contributed by atoms with Gasteiger partial charge in [0.2, 0.25) is 10.0 Å². The second kappa shape index (κ2) is 7.81. The zero-order chi connectivity index (χ0) is 21.5. The Bertz CT molecular complexity index is 858. The highest BCUT2D eigenvalue weighted by Crippen LogP contribution is 2.36. The second-order valence-corrected chi connectivity index (χ2v) is 9.69. The van der Waals surface area contributed by atoms with Gasteiger partial charge in [-0.3, -0.25) is 4.79 Å². The molecule has 2 N–H and O–H groups in total. The number of benzene rings is 1. The number of aliphatic hydroxyl groups is 1. The molecule has 1 amide bonds. The van der Waals surface area contributed by atoms with E-state index in [0.717, 1.165) is 13.8 Å². The highest BCUT2D eigenvalue weighted by molar-refractivity contribution is 7.89. The van der Waals surface area contributed by atoms with Crippen molar-refractivity contribution in [3.63, 3.8) is 0 Å². The van der Waals surface area contributed by atoms with E-state index in [9.17, 15) is 31.5 Å². The van der Waals surface area contributed by atoms with Gasteiger partial charge in [0.1, 0.15) is 17.5 Å². The van der Waals surface area contributed by atoms with E-state index in [1.165, 1.54) is 25.1 Å². The molecule has 1 saturated heterocycles. The maximum absolute atomic E-state index is 14.7. The molecule has 158 valence electrons. The van der Waals surface area contributed by atoms with Crippen LogP contribution in [-0.2, 0) is 21.2 Å². The van der Waals surface area contributed by atoms with Crippen LogP contribution in [0.3, 0.4) is 0 Å². The molecule has 2 rings (SSSR count). The molecule has 1 aromatic carbocycles. The van der Waals surface area contributed by atoms with Gasteiger partial charge in [0, 0.05) is 0 Å². The molecular weight excluding hydrogens is 421 g/mol. The fraction of sp³-hybridized carbons (Fsp3) is 0.588. The molecule has 6 nitrogen and oxygen atoms in total. The number of amides is 1. The highest BCUT2D eigenvalue weighted by atomic mass is 35.5. The summed E-state index contributed by atoms with van der Waals surface area (Å²) < 4.78 is 69.5. The number of nitrogens with zero attached hydrogens (tertiary/aromatic N) is 1. The molecule has 1 heterocycles. The van der Waals surface area contributed by atoms with Crippen LogP contribution < -0.4 is 4.72 Å². The van der Waals surface area contributed by atoms with Crippen LogP contribution in [0.25, 0.3) is 0 Å². The molecule has 1 aliphatic rings. The lowest BCUT2D eigenvalue weighted by Gasteiger charge is -2.31. The normalized spacial score (nSPS) is 22.5. The number of carbonyl (C=O) groups is 1. The maximum Gasteiger partial charge on any atom is 0.283 e. The molecule has 1 aliphatic heterocycles. The third-order valence-corrected chi connectivity index (χ3v) is 6.22. The van der Waals surface area contributed by atoms with Crippen molar-refractivity contribution < 1.29 is 31.5 Å². The lowest BCUT2D eigenvalue weighted by Crippen LogP contribution is -2.54. The predicted octanol–water partition coefficient (Wildman–Crippen LogP) is 1.95. The maximum atomic E-state index is 14.7. The molecule has 0 saturated carbocycles. The second-order valence-electron chi connectivity index (χ2n) is 7.24. The summed E-state index contributed by atoms with van der Waals surface area (Å²) in [6, 6.07) is 0.600. The minimum atomic E-state index is -4.05.